The summed E-state index contributed by atoms with van der Waals surface area (Å²) in [6, 6.07) is 10.2. The van der Waals surface area contributed by atoms with E-state index < -0.39 is 5.97 Å². The first-order valence-electron chi connectivity index (χ1n) is 7.45. The predicted molar refractivity (Wildman–Crippen MR) is 93.8 cm³/mol. The number of rotatable bonds is 7. The first-order valence-corrected chi connectivity index (χ1v) is 7.45. The number of benzene rings is 2. The van der Waals surface area contributed by atoms with E-state index in [1.807, 2.05) is 0 Å². The number of carbonyl (C=O) groups is 1. The second kappa shape index (κ2) is 8.63. The molecule has 0 heterocycles. The number of hydrogen-bond acceptors (Lipinski definition) is 6. The van der Waals surface area contributed by atoms with E-state index in [9.17, 15) is 4.79 Å². The third-order valence-corrected chi connectivity index (χ3v) is 3.38. The minimum absolute atomic E-state index is 0.431. The molecule has 0 bridgehead atoms. The summed E-state index contributed by atoms with van der Waals surface area (Å²) in [6.07, 6.45) is 2.93. The van der Waals surface area contributed by atoms with E-state index in [-0.39, 0.29) is 0 Å². The Morgan fingerprint density at radius 2 is 1.36 bits per heavy atom. The van der Waals surface area contributed by atoms with Crippen LogP contribution in [0.5, 0.6) is 28.7 Å². The largest absolute Gasteiger partial charge is 0.497 e. The summed E-state index contributed by atoms with van der Waals surface area (Å²) in [4.78, 5) is 11.9. The van der Waals surface area contributed by atoms with Crippen molar-refractivity contribution in [3.63, 3.8) is 0 Å². The molecule has 132 valence electrons. The smallest absolute Gasteiger partial charge is 0.336 e. The second-order valence-corrected chi connectivity index (χ2v) is 4.89. The number of hydrogen-bond donors (Lipinski definition) is 0. The normalized spacial score (nSPS) is 10.4. The molecule has 0 aromatic heterocycles. The first-order chi connectivity index (χ1) is 12.1. The molecule has 0 fully saturated rings. The quantitative estimate of drug-likeness (QED) is 0.436. The minimum atomic E-state index is -0.501. The van der Waals surface area contributed by atoms with Gasteiger partial charge in [-0.3, -0.25) is 0 Å². The maximum atomic E-state index is 11.9. The van der Waals surface area contributed by atoms with Crippen LogP contribution in [0.15, 0.2) is 42.5 Å². The molecule has 0 N–H and O–H groups in total. The molecular weight excluding hydrogens is 324 g/mol. The molecule has 6 heteroatoms. The molecule has 25 heavy (non-hydrogen) atoms. The average molecular weight is 344 g/mol. The third kappa shape index (κ3) is 4.67. The van der Waals surface area contributed by atoms with Gasteiger partial charge < -0.3 is 23.7 Å². The highest BCUT2D eigenvalue weighted by Crippen LogP contribution is 2.38. The van der Waals surface area contributed by atoms with Crippen molar-refractivity contribution in [1.82, 2.24) is 0 Å². The molecule has 0 saturated carbocycles. The Hall–Kier alpha value is -3.15. The van der Waals surface area contributed by atoms with Crippen molar-refractivity contribution in [2.24, 2.45) is 0 Å². The molecule has 0 aliphatic carbocycles. The zero-order valence-corrected chi connectivity index (χ0v) is 14.6. The molecule has 0 atom stereocenters. The Morgan fingerprint density at radius 1 is 0.800 bits per heavy atom. The van der Waals surface area contributed by atoms with Gasteiger partial charge in [0.2, 0.25) is 5.75 Å². The molecule has 0 aliphatic heterocycles. The molecule has 0 spiro atoms. The van der Waals surface area contributed by atoms with Gasteiger partial charge in [-0.25, -0.2) is 4.79 Å². The van der Waals surface area contributed by atoms with Crippen molar-refractivity contribution in [3.05, 3.63) is 48.0 Å². The Balaban J connectivity index is 2.13. The molecule has 0 amide bonds. The molecule has 2 rings (SSSR count). The molecule has 6 nitrogen and oxygen atoms in total. The predicted octanol–water partition coefficient (Wildman–Crippen LogP) is 3.34. The molecule has 2 aromatic rings. The lowest BCUT2D eigenvalue weighted by molar-refractivity contribution is -0.128. The number of carbonyl (C=O) groups excluding carboxylic acids is 1. The Kier molecular flexibility index (Phi) is 6.28. The summed E-state index contributed by atoms with van der Waals surface area (Å²) in [5, 5.41) is 0. The van der Waals surface area contributed by atoms with Crippen molar-refractivity contribution in [1.29, 1.82) is 0 Å². The van der Waals surface area contributed by atoms with Crippen LogP contribution < -0.4 is 23.7 Å². The molecule has 2 aromatic carbocycles. The van der Waals surface area contributed by atoms with Crippen molar-refractivity contribution in [2.45, 2.75) is 0 Å². The lowest BCUT2D eigenvalue weighted by atomic mass is 10.1. The van der Waals surface area contributed by atoms with Crippen LogP contribution in [0.3, 0.4) is 0 Å². The van der Waals surface area contributed by atoms with Crippen LogP contribution in [0.25, 0.3) is 6.08 Å². The summed E-state index contributed by atoms with van der Waals surface area (Å²) in [6.45, 7) is 0. The molecule has 0 saturated heterocycles. The molecule has 0 unspecified atom stereocenters. The van der Waals surface area contributed by atoms with Gasteiger partial charge in [-0.05, 0) is 48.0 Å². The van der Waals surface area contributed by atoms with Crippen LogP contribution in [0.1, 0.15) is 5.56 Å². The zero-order valence-electron chi connectivity index (χ0n) is 14.6. The van der Waals surface area contributed by atoms with Crippen LogP contribution in [0, 0.1) is 0 Å². The van der Waals surface area contributed by atoms with Gasteiger partial charge in [0.25, 0.3) is 0 Å². The molecular formula is C19H20O6. The fraction of sp³-hybridized carbons (Fsp3) is 0.211. The Bertz CT molecular complexity index is 724. The Labute approximate surface area is 146 Å². The lowest BCUT2D eigenvalue weighted by Crippen LogP contribution is -2.03. The van der Waals surface area contributed by atoms with Crippen LogP contribution in [0.2, 0.25) is 0 Å². The zero-order chi connectivity index (χ0) is 18.2. The van der Waals surface area contributed by atoms with Gasteiger partial charge in [0.15, 0.2) is 11.5 Å². The van der Waals surface area contributed by atoms with Crippen LogP contribution in [0.4, 0.5) is 0 Å². The summed E-state index contributed by atoms with van der Waals surface area (Å²) >= 11 is 0. The lowest BCUT2D eigenvalue weighted by Gasteiger charge is -2.12. The highest BCUT2D eigenvalue weighted by Gasteiger charge is 2.12. The third-order valence-electron chi connectivity index (χ3n) is 3.38. The summed E-state index contributed by atoms with van der Waals surface area (Å²) < 4.78 is 26.1. The van der Waals surface area contributed by atoms with Crippen molar-refractivity contribution < 1.29 is 28.5 Å². The van der Waals surface area contributed by atoms with Crippen LogP contribution in [-0.4, -0.2) is 34.4 Å². The van der Waals surface area contributed by atoms with E-state index >= 15 is 0 Å². The van der Waals surface area contributed by atoms with E-state index in [1.165, 1.54) is 27.4 Å². The van der Waals surface area contributed by atoms with Gasteiger partial charge in [0.1, 0.15) is 11.5 Å². The van der Waals surface area contributed by atoms with Crippen molar-refractivity contribution in [3.8, 4) is 28.7 Å². The van der Waals surface area contributed by atoms with E-state index in [0.717, 1.165) is 0 Å². The van der Waals surface area contributed by atoms with Crippen LogP contribution >= 0.6 is 0 Å². The van der Waals surface area contributed by atoms with Crippen LogP contribution in [-0.2, 0) is 4.79 Å². The fourth-order valence-corrected chi connectivity index (χ4v) is 2.16. The monoisotopic (exact) mass is 344 g/mol. The number of ether oxygens (including phenoxy) is 5. The molecule has 0 radical (unpaired) electrons. The van der Waals surface area contributed by atoms with Gasteiger partial charge in [0, 0.05) is 6.08 Å². The Morgan fingerprint density at radius 3 is 1.84 bits per heavy atom. The number of methoxy groups -OCH3 is 4. The maximum Gasteiger partial charge on any atom is 0.336 e. The van der Waals surface area contributed by atoms with Gasteiger partial charge in [0.05, 0.1) is 28.4 Å². The first kappa shape index (κ1) is 18.2. The standard InChI is InChI=1S/C19H20O6/c1-21-14-6-8-15(9-7-14)25-18(20)10-5-13-11-16(22-2)19(24-4)17(12-13)23-3/h5-12H,1-4H3/b10-5+. The maximum absolute atomic E-state index is 11.9. The van der Waals surface area contributed by atoms with Crippen molar-refractivity contribution in [2.75, 3.05) is 28.4 Å². The van der Waals surface area contributed by atoms with Gasteiger partial charge in [-0.2, -0.15) is 0 Å². The van der Waals surface area contributed by atoms with Gasteiger partial charge in [-0.15, -0.1) is 0 Å². The van der Waals surface area contributed by atoms with E-state index in [4.69, 9.17) is 23.7 Å². The summed E-state index contributed by atoms with van der Waals surface area (Å²) in [7, 11) is 6.16. The summed E-state index contributed by atoms with van der Waals surface area (Å²) in [5.74, 6) is 2.12. The van der Waals surface area contributed by atoms with E-state index in [2.05, 4.69) is 0 Å². The SMILES string of the molecule is COc1ccc(OC(=O)/C=C/c2cc(OC)c(OC)c(OC)c2)cc1. The fourth-order valence-electron chi connectivity index (χ4n) is 2.16. The summed E-state index contributed by atoms with van der Waals surface area (Å²) in [5.41, 5.74) is 0.709. The second-order valence-electron chi connectivity index (χ2n) is 4.89. The number of esters is 1. The van der Waals surface area contributed by atoms with Crippen molar-refractivity contribution >= 4 is 12.0 Å². The minimum Gasteiger partial charge on any atom is -0.497 e. The highest BCUT2D eigenvalue weighted by molar-refractivity contribution is 5.89. The molecule has 0 aliphatic rings. The van der Waals surface area contributed by atoms with E-state index in [1.54, 1.807) is 49.6 Å². The highest BCUT2D eigenvalue weighted by atomic mass is 16.5. The average Bonchev–Trinajstić information content (AvgIpc) is 2.65. The van der Waals surface area contributed by atoms with E-state index in [0.29, 0.717) is 34.3 Å². The topological polar surface area (TPSA) is 63.2 Å². The van der Waals surface area contributed by atoms with Gasteiger partial charge >= 0.3 is 5.97 Å². The van der Waals surface area contributed by atoms with Gasteiger partial charge in [-0.1, -0.05) is 0 Å².